The molecule has 1 atom stereocenters. The summed E-state index contributed by atoms with van der Waals surface area (Å²) in [5.74, 6) is 1.15. The fourth-order valence-electron chi connectivity index (χ4n) is 3.33. The molecule has 0 saturated heterocycles. The third-order valence-electron chi connectivity index (χ3n) is 4.65. The number of hydrogen-bond acceptors (Lipinski definition) is 5. The molecule has 0 spiro atoms. The van der Waals surface area contributed by atoms with Gasteiger partial charge in [-0.05, 0) is 42.3 Å². The van der Waals surface area contributed by atoms with Crippen LogP contribution in [0.15, 0.2) is 42.5 Å². The van der Waals surface area contributed by atoms with E-state index in [9.17, 15) is 13.2 Å². The van der Waals surface area contributed by atoms with E-state index in [1.807, 2.05) is 24.3 Å². The van der Waals surface area contributed by atoms with Crippen LogP contribution < -0.4 is 19.1 Å². The van der Waals surface area contributed by atoms with Crippen molar-refractivity contribution >= 4 is 21.6 Å². The molecule has 142 valence electrons. The predicted molar refractivity (Wildman–Crippen MR) is 101 cm³/mol. The molecule has 4 rings (SSSR count). The minimum absolute atomic E-state index is 0.224. The SMILES string of the molecule is CS(=O)(=O)N1CCc2cc(C(=O)NCC3COc4ccccc4O3)ccc21. The normalized spacial score (nSPS) is 18.1. The van der Waals surface area contributed by atoms with Gasteiger partial charge in [0.15, 0.2) is 11.5 Å². The topological polar surface area (TPSA) is 84.9 Å². The lowest BCUT2D eigenvalue weighted by Gasteiger charge is -2.26. The van der Waals surface area contributed by atoms with Crippen LogP contribution in [0.25, 0.3) is 0 Å². The van der Waals surface area contributed by atoms with E-state index in [0.29, 0.717) is 48.9 Å². The maximum atomic E-state index is 12.5. The second kappa shape index (κ2) is 6.77. The molecule has 1 N–H and O–H groups in total. The van der Waals surface area contributed by atoms with Gasteiger partial charge in [-0.2, -0.15) is 0 Å². The molecule has 2 aromatic rings. The molecule has 1 amide bonds. The number of fused-ring (bicyclic) bond motifs is 2. The van der Waals surface area contributed by atoms with Crippen molar-refractivity contribution < 1.29 is 22.7 Å². The number of benzene rings is 2. The average molecular weight is 388 g/mol. The van der Waals surface area contributed by atoms with Gasteiger partial charge in [0.05, 0.1) is 18.5 Å². The van der Waals surface area contributed by atoms with Crippen molar-refractivity contribution in [3.05, 3.63) is 53.6 Å². The van der Waals surface area contributed by atoms with Crippen molar-refractivity contribution in [2.45, 2.75) is 12.5 Å². The molecule has 27 heavy (non-hydrogen) atoms. The third kappa shape index (κ3) is 3.57. The molecule has 2 aromatic carbocycles. The Kier molecular flexibility index (Phi) is 4.43. The van der Waals surface area contributed by atoms with Crippen LogP contribution in [0.5, 0.6) is 11.5 Å². The van der Waals surface area contributed by atoms with E-state index >= 15 is 0 Å². The summed E-state index contributed by atoms with van der Waals surface area (Å²) >= 11 is 0. The fraction of sp³-hybridized carbons (Fsp3) is 0.316. The summed E-state index contributed by atoms with van der Waals surface area (Å²) in [5, 5.41) is 2.86. The summed E-state index contributed by atoms with van der Waals surface area (Å²) in [7, 11) is -3.30. The van der Waals surface area contributed by atoms with Crippen molar-refractivity contribution in [3.8, 4) is 11.5 Å². The average Bonchev–Trinajstić information content (AvgIpc) is 3.09. The number of para-hydroxylation sites is 2. The van der Waals surface area contributed by atoms with E-state index < -0.39 is 10.0 Å². The maximum Gasteiger partial charge on any atom is 0.251 e. The Hall–Kier alpha value is -2.74. The molecule has 0 fully saturated rings. The summed E-state index contributed by atoms with van der Waals surface area (Å²) in [6.45, 7) is 1.09. The van der Waals surface area contributed by atoms with Gasteiger partial charge in [0.2, 0.25) is 10.0 Å². The Morgan fingerprint density at radius 3 is 2.78 bits per heavy atom. The summed E-state index contributed by atoms with van der Waals surface area (Å²) in [5.41, 5.74) is 2.01. The van der Waals surface area contributed by atoms with Crippen LogP contribution in [0, 0.1) is 0 Å². The number of carbonyl (C=O) groups excluding carboxylic acids is 1. The van der Waals surface area contributed by atoms with Crippen molar-refractivity contribution in [3.63, 3.8) is 0 Å². The second-order valence-electron chi connectivity index (χ2n) is 6.64. The number of ether oxygens (including phenoxy) is 2. The summed E-state index contributed by atoms with van der Waals surface area (Å²) in [6, 6.07) is 12.5. The molecule has 0 bridgehead atoms. The van der Waals surface area contributed by atoms with E-state index in [1.54, 1.807) is 18.2 Å². The molecule has 0 aliphatic carbocycles. The molecule has 8 heteroatoms. The van der Waals surface area contributed by atoms with E-state index in [-0.39, 0.29) is 12.0 Å². The number of carbonyl (C=O) groups is 1. The van der Waals surface area contributed by atoms with Crippen molar-refractivity contribution in [2.75, 3.05) is 30.3 Å². The number of nitrogens with zero attached hydrogens (tertiary/aromatic N) is 1. The summed E-state index contributed by atoms with van der Waals surface area (Å²) in [4.78, 5) is 12.5. The van der Waals surface area contributed by atoms with Gasteiger partial charge in [0.25, 0.3) is 5.91 Å². The zero-order valence-electron chi connectivity index (χ0n) is 14.8. The zero-order chi connectivity index (χ0) is 19.0. The molecule has 2 heterocycles. The van der Waals surface area contributed by atoms with Crippen molar-refractivity contribution in [1.29, 1.82) is 0 Å². The number of sulfonamides is 1. The molecule has 2 aliphatic heterocycles. The summed E-state index contributed by atoms with van der Waals surface area (Å²) in [6.07, 6.45) is 1.52. The largest absolute Gasteiger partial charge is 0.486 e. The lowest BCUT2D eigenvalue weighted by atomic mass is 10.1. The van der Waals surface area contributed by atoms with Gasteiger partial charge in [-0.15, -0.1) is 0 Å². The van der Waals surface area contributed by atoms with Crippen molar-refractivity contribution in [1.82, 2.24) is 5.32 Å². The molecular weight excluding hydrogens is 368 g/mol. The Labute approximate surface area is 157 Å². The molecule has 0 aromatic heterocycles. The highest BCUT2D eigenvalue weighted by molar-refractivity contribution is 7.92. The van der Waals surface area contributed by atoms with E-state index in [0.717, 1.165) is 5.56 Å². The smallest absolute Gasteiger partial charge is 0.251 e. The zero-order valence-corrected chi connectivity index (χ0v) is 15.7. The first-order valence-corrected chi connectivity index (χ1v) is 10.5. The number of amides is 1. The first-order valence-electron chi connectivity index (χ1n) is 8.69. The Bertz CT molecular complexity index is 989. The molecule has 7 nitrogen and oxygen atoms in total. The number of rotatable bonds is 4. The van der Waals surface area contributed by atoms with Crippen molar-refractivity contribution in [2.24, 2.45) is 0 Å². The first kappa shape index (κ1) is 17.7. The minimum atomic E-state index is -3.30. The highest BCUT2D eigenvalue weighted by Gasteiger charge is 2.27. The lowest BCUT2D eigenvalue weighted by molar-refractivity contribution is 0.0789. The predicted octanol–water partition coefficient (Wildman–Crippen LogP) is 1.58. The second-order valence-corrected chi connectivity index (χ2v) is 8.54. The third-order valence-corrected chi connectivity index (χ3v) is 5.83. The Balaban J connectivity index is 1.40. The Morgan fingerprint density at radius 2 is 2.00 bits per heavy atom. The van der Waals surface area contributed by atoms with Gasteiger partial charge in [-0.3, -0.25) is 9.10 Å². The molecule has 0 saturated carbocycles. The van der Waals surface area contributed by atoms with Crippen LogP contribution in [-0.2, 0) is 16.4 Å². The van der Waals surface area contributed by atoms with Crippen LogP contribution in [0.3, 0.4) is 0 Å². The van der Waals surface area contributed by atoms with Gasteiger partial charge in [0, 0.05) is 12.1 Å². The lowest BCUT2D eigenvalue weighted by Crippen LogP contribution is -2.40. The molecule has 2 aliphatic rings. The fourth-order valence-corrected chi connectivity index (χ4v) is 4.29. The van der Waals surface area contributed by atoms with Crippen LogP contribution >= 0.6 is 0 Å². The standard InChI is InChI=1S/C19H20N2O5S/c1-27(23,24)21-9-8-13-10-14(6-7-16(13)21)19(22)20-11-15-12-25-17-4-2-3-5-18(17)26-15/h2-7,10,15H,8-9,11-12H2,1H3,(H,20,22). The van der Waals surface area contributed by atoms with Crippen LogP contribution in [0.2, 0.25) is 0 Å². The van der Waals surface area contributed by atoms with Gasteiger partial charge < -0.3 is 14.8 Å². The summed E-state index contributed by atoms with van der Waals surface area (Å²) < 4.78 is 36.4. The monoisotopic (exact) mass is 388 g/mol. The molecule has 1 unspecified atom stereocenters. The minimum Gasteiger partial charge on any atom is -0.486 e. The van der Waals surface area contributed by atoms with E-state index in [2.05, 4.69) is 5.32 Å². The molecule has 0 radical (unpaired) electrons. The van der Waals surface area contributed by atoms with Gasteiger partial charge >= 0.3 is 0 Å². The van der Waals surface area contributed by atoms with Crippen LogP contribution in [0.4, 0.5) is 5.69 Å². The van der Waals surface area contributed by atoms with Gasteiger partial charge in [-0.25, -0.2) is 8.42 Å². The Morgan fingerprint density at radius 1 is 1.22 bits per heavy atom. The van der Waals surface area contributed by atoms with Crippen LogP contribution in [-0.4, -0.2) is 46.4 Å². The van der Waals surface area contributed by atoms with Gasteiger partial charge in [-0.1, -0.05) is 12.1 Å². The first-order chi connectivity index (χ1) is 12.9. The molecular formula is C19H20N2O5S. The van der Waals surface area contributed by atoms with Crippen LogP contribution in [0.1, 0.15) is 15.9 Å². The number of anilines is 1. The van der Waals surface area contributed by atoms with Gasteiger partial charge in [0.1, 0.15) is 12.7 Å². The number of hydrogen-bond donors (Lipinski definition) is 1. The quantitative estimate of drug-likeness (QED) is 0.860. The van der Waals surface area contributed by atoms with E-state index in [4.69, 9.17) is 9.47 Å². The van der Waals surface area contributed by atoms with E-state index in [1.165, 1.54) is 10.6 Å². The highest BCUT2D eigenvalue weighted by atomic mass is 32.2. The number of nitrogens with one attached hydrogen (secondary N) is 1. The maximum absolute atomic E-state index is 12.5. The highest BCUT2D eigenvalue weighted by Crippen LogP contribution is 2.31.